The van der Waals surface area contributed by atoms with Gasteiger partial charge in [0.1, 0.15) is 128 Å². The van der Waals surface area contributed by atoms with E-state index >= 15 is 0 Å². The highest BCUT2D eigenvalue weighted by Crippen LogP contribution is 2.42. The topological polar surface area (TPSA) is 674 Å². The molecule has 0 amide bonds. The molecule has 21 aliphatic rings. The van der Waals surface area contributed by atoms with Crippen LogP contribution in [-0.2, 0) is 99.9 Å². The zero-order valence-corrected chi connectivity index (χ0v) is 70.0. The van der Waals surface area contributed by atoms with Crippen molar-refractivity contribution in [2.75, 3.05) is 80.5 Å². The number of ether oxygens (including phenoxy) is 14. The molecule has 49 heteroatoms. The summed E-state index contributed by atoms with van der Waals surface area (Å²) in [5.41, 5.74) is 0. The fourth-order valence-corrected chi connectivity index (χ4v) is 21.1. The van der Waals surface area contributed by atoms with Crippen molar-refractivity contribution in [3.05, 3.63) is 0 Å². The molecule has 21 saturated heterocycles. The van der Waals surface area contributed by atoms with E-state index in [2.05, 4.69) is 0 Å². The van der Waals surface area contributed by atoms with E-state index in [0.29, 0.717) is 0 Å². The predicted molar refractivity (Wildman–Crippen MR) is 418 cm³/mol. The van der Waals surface area contributed by atoms with Gasteiger partial charge in [0.15, 0.2) is 44.0 Å². The van der Waals surface area contributed by atoms with Gasteiger partial charge in [0.05, 0.1) is 42.7 Å². The van der Waals surface area contributed by atoms with Gasteiger partial charge in [-0.15, -0.1) is 0 Å². The summed E-state index contributed by atoms with van der Waals surface area (Å²) in [6.07, 6.45) is -69.5. The Morgan fingerprint density at radius 2 is 0.286 bits per heavy atom. The molecule has 21 heterocycles. The minimum absolute atomic E-state index is 0.0923. The van der Waals surface area contributed by atoms with Crippen LogP contribution in [0, 0.1) is 0 Å². The predicted octanol–water partition coefficient (Wildman–Crippen LogP) is -3.99. The lowest BCUT2D eigenvalue weighted by molar-refractivity contribution is -0.389. The Balaban J connectivity index is 1.22. The molecule has 14 bridgehead atoms. The Hall–Kier alpha value is -2.38. The fourth-order valence-electron chi connectivity index (χ4n) is 14.0. The Morgan fingerprint density at radius 1 is 0.176 bits per heavy atom. The van der Waals surface area contributed by atoms with Gasteiger partial charge >= 0.3 is 41.8 Å². The third-order valence-corrected chi connectivity index (χ3v) is 28.2. The average Bonchev–Trinajstić information content (AvgIpc) is 0.957. The molecule has 21 rings (SSSR count). The van der Waals surface area contributed by atoms with Gasteiger partial charge in [0.25, 0.3) is 0 Å². The van der Waals surface area contributed by atoms with Gasteiger partial charge in [0.2, 0.25) is 0 Å². The van der Waals surface area contributed by atoms with Crippen LogP contribution in [0.25, 0.3) is 0 Å². The van der Waals surface area contributed by atoms with Crippen LogP contribution in [0.15, 0.2) is 0 Å². The fraction of sp³-hybridized carbons (Fsp3) is 0.900. The first-order valence-electron chi connectivity index (χ1n) is 38.9. The molecule has 686 valence electrons. The number of rotatable bonds is 42. The zero-order valence-electron chi connectivity index (χ0n) is 64.3. The van der Waals surface area contributed by atoms with Crippen molar-refractivity contribution in [3.8, 4) is 0 Å². The van der Waals surface area contributed by atoms with Crippen LogP contribution >= 0.6 is 82.3 Å². The van der Waals surface area contributed by atoms with Gasteiger partial charge in [-0.1, -0.05) is 0 Å². The van der Waals surface area contributed by atoms with Crippen molar-refractivity contribution in [1.29, 1.82) is 0 Å². The lowest BCUT2D eigenvalue weighted by Gasteiger charge is -2.50. The van der Waals surface area contributed by atoms with Crippen molar-refractivity contribution < 1.29 is 207 Å². The highest BCUT2D eigenvalue weighted by Gasteiger charge is 2.60. The minimum atomic E-state index is -2.23. The molecule has 42 nitrogen and oxygen atoms in total. The number of aliphatic hydroxyl groups is 14. The van der Waals surface area contributed by atoms with Gasteiger partial charge in [-0.05, 0) is 85.2 Å². The van der Waals surface area contributed by atoms with Crippen molar-refractivity contribution in [3.63, 3.8) is 0 Å². The molecule has 0 aliphatic carbocycles. The molecular weight excluding hydrogens is 1740 g/mol. The summed E-state index contributed by atoms with van der Waals surface area (Å²) in [6.45, 7) is 0. The monoisotopic (exact) mass is 1850 g/mol. The molecule has 0 aromatic heterocycles. The molecule has 21 N–H and O–H groups in total. The number of carbonyl (C=O) groups is 7. The molecule has 35 atom stereocenters. The third kappa shape index (κ3) is 30.4. The van der Waals surface area contributed by atoms with Crippen LogP contribution in [-0.4, -0.2) is 445 Å². The smallest absolute Gasteiger partial charge is 0.303 e. The van der Waals surface area contributed by atoms with Crippen LogP contribution < -0.4 is 0 Å². The Labute approximate surface area is 712 Å². The van der Waals surface area contributed by atoms with E-state index in [1.165, 1.54) is 0 Å². The summed E-state index contributed by atoms with van der Waals surface area (Å²) in [6, 6.07) is 0. The molecule has 119 heavy (non-hydrogen) atoms. The van der Waals surface area contributed by atoms with Crippen LogP contribution in [0.5, 0.6) is 0 Å². The van der Waals surface area contributed by atoms with E-state index in [-0.39, 0.29) is 170 Å². The van der Waals surface area contributed by atoms with Crippen LogP contribution in [0.2, 0.25) is 0 Å². The second-order valence-electron chi connectivity index (χ2n) is 29.4. The lowest BCUT2D eigenvalue weighted by Crippen LogP contribution is -2.68. The second kappa shape index (κ2) is 51.0. The molecule has 21 aliphatic heterocycles. The second-order valence-corrected chi connectivity index (χ2v) is 37.4. The number of aliphatic carboxylic acids is 7. The van der Waals surface area contributed by atoms with E-state index in [4.69, 9.17) is 66.3 Å². The normalized spacial score (nSPS) is 39.8. The summed E-state index contributed by atoms with van der Waals surface area (Å²) in [7, 11) is 0. The Bertz CT molecular complexity index is 2550. The van der Waals surface area contributed by atoms with Crippen molar-refractivity contribution >= 4 is 124 Å². The van der Waals surface area contributed by atoms with E-state index < -0.39 is 257 Å². The van der Waals surface area contributed by atoms with Crippen LogP contribution in [0.4, 0.5) is 0 Å². The maximum absolute atomic E-state index is 12.3. The molecule has 0 unspecified atom stereocenters. The molecule has 0 spiro atoms. The summed E-state index contributed by atoms with van der Waals surface area (Å²) in [4.78, 5) is 81.2. The van der Waals surface area contributed by atoms with Crippen molar-refractivity contribution in [2.24, 2.45) is 0 Å². The maximum Gasteiger partial charge on any atom is 0.303 e. The van der Waals surface area contributed by atoms with Crippen molar-refractivity contribution in [1.82, 2.24) is 0 Å². The summed E-state index contributed by atoms with van der Waals surface area (Å²) < 4.78 is 89.0. The number of hydrogen-bond acceptors (Lipinski definition) is 42. The number of aliphatic hydroxyl groups excluding tert-OH is 14. The first-order valence-corrected chi connectivity index (χ1v) is 47.0. The van der Waals surface area contributed by atoms with Crippen molar-refractivity contribution in [2.45, 2.75) is 305 Å². The lowest BCUT2D eigenvalue weighted by atomic mass is 9.95. The molecule has 0 aromatic carbocycles. The molecule has 21 fully saturated rings. The van der Waals surface area contributed by atoms with E-state index in [9.17, 15) is 141 Å². The Morgan fingerprint density at radius 3 is 0.387 bits per heavy atom. The average molecular weight is 1850 g/mol. The van der Waals surface area contributed by atoms with E-state index in [0.717, 1.165) is 82.3 Å². The van der Waals surface area contributed by atoms with Gasteiger partial charge in [-0.2, -0.15) is 82.3 Å². The number of hydrogen-bond donors (Lipinski definition) is 21. The molecule has 0 saturated carbocycles. The highest BCUT2D eigenvalue weighted by molar-refractivity contribution is 8.00. The van der Waals surface area contributed by atoms with Crippen LogP contribution in [0.3, 0.4) is 0 Å². The first-order chi connectivity index (χ1) is 56.6. The SMILES string of the molecule is O=C(O)CCCSC[C@@H]1O[C@H]2O[C@@H]3[C@@H](O)[C@@H](O)[C@H](O[C@@H]4[C@H](O)[C@H](O)[C@H](O[C@@H]5[C@@H](O)[C@H](O)[C@H](O[C@@H]6[C@@H](O)[C@H](O)[C@H](O[C@@H]7[C@@H](O)[C@H](O)[C@H](O[C@@H]8[C@@H](O)[C@H](O)[C@H](O[C@@H]1[C@H](O)[C@@H]2O)O[C@@H]8CSCCCC(=O)O)O[C@@H]7CSCCCC(=O)O)O[C@@H]6CSCCCC(=O)O)O[C@H]5CSCCCC(=O)O)O[C@H]4CSCCCC(=O)O)O[C@H]3CSCCCC(=O)O. The van der Waals surface area contributed by atoms with Crippen LogP contribution in [0.1, 0.15) is 89.9 Å². The van der Waals surface area contributed by atoms with E-state index in [1.54, 1.807) is 0 Å². The zero-order chi connectivity index (χ0) is 86.9. The van der Waals surface area contributed by atoms with Gasteiger partial charge in [-0.3, -0.25) is 33.6 Å². The van der Waals surface area contributed by atoms with E-state index in [1.807, 2.05) is 0 Å². The van der Waals surface area contributed by atoms with Gasteiger partial charge in [-0.25, -0.2) is 0 Å². The highest BCUT2D eigenvalue weighted by atomic mass is 32.2. The third-order valence-electron chi connectivity index (χ3n) is 20.3. The van der Waals surface area contributed by atoms with Gasteiger partial charge < -0.3 is 174 Å². The summed E-state index contributed by atoms with van der Waals surface area (Å²) >= 11 is 7.45. The molecule has 0 aromatic rings. The number of carboxylic acids is 7. The quantitative estimate of drug-likeness (QED) is 0.0259. The standard InChI is InChI=1S/C70H112O42S7/c71-36(72)8-1-15-113-22-29-57-43(85)50(92)64(99-29)107-58-30(23-114-16-2-9-37(73)74)101-66(52(94)45(58)87)109-60-32(25-116-18-4-11-39(77)78)103-68(54(96)47(60)89)111-62-34(27-118-20-6-13-41(81)82)105-70(56(98)49(62)91)112-63-35(28-119-21-7-14-42(83)84)104-69(55(97)48(63)90)110-61-33(26-117-19-5-12-40(79)80)102-67(53(95)46(61)88)108-59-31(24-115-17-3-10-38(75)76)100-65(106-57)51(93)44(59)86/h29-35,43-70,85-98H,1-28H2,(H,71,72)(H,73,74)(H,75,76)(H,77,78)(H,79,80)(H,81,82)(H,83,84)/t29-,30-,31-,32-,33+,34+,35+,43-,44+,45+,46-,47-,48-,49-,50+,51-,52-,53-,54-,55-,56-,57-,58-,59-,60-,61-,62-,63-,64-,65-,66-,67-,68-,69-,70-/m0/s1. The Kier molecular flexibility index (Phi) is 43.7. The number of carboxylic acid groups (broad SMARTS) is 7. The largest absolute Gasteiger partial charge is 0.481 e. The number of thioether (sulfide) groups is 7. The summed E-state index contributed by atoms with van der Waals surface area (Å²) in [5, 5.41) is 238. The maximum atomic E-state index is 12.3. The molecule has 0 radical (unpaired) electrons. The van der Waals surface area contributed by atoms with Gasteiger partial charge in [0, 0.05) is 85.2 Å². The summed E-state index contributed by atoms with van der Waals surface area (Å²) in [5.74, 6) is -8.74. The molecular formula is C70H112O42S7. The first kappa shape index (κ1) is 102. The minimum Gasteiger partial charge on any atom is -0.481 e.